The number of hydrogen-bond donors (Lipinski definition) is 2. The van der Waals surface area contributed by atoms with E-state index in [0.29, 0.717) is 38.5 Å². The minimum atomic E-state index is -0.520. The molecule has 134 valence electrons. The summed E-state index contributed by atoms with van der Waals surface area (Å²) < 4.78 is 19.7. The van der Waals surface area contributed by atoms with Crippen molar-refractivity contribution in [2.45, 2.75) is 6.54 Å². The number of rotatable bonds is 4. The molecule has 26 heavy (non-hydrogen) atoms. The predicted molar refractivity (Wildman–Crippen MR) is 96.5 cm³/mol. The van der Waals surface area contributed by atoms with Gasteiger partial charge in [0.1, 0.15) is 5.82 Å². The molecule has 2 aromatic carbocycles. The summed E-state index contributed by atoms with van der Waals surface area (Å²) in [6.45, 7) is 2.51. The molecule has 0 bridgehead atoms. The number of halogens is 1. The molecule has 2 heterocycles. The third-order valence-electron chi connectivity index (χ3n) is 4.56. The van der Waals surface area contributed by atoms with Crippen LogP contribution < -0.4 is 5.32 Å². The smallest absolute Gasteiger partial charge is 0.256 e. The van der Waals surface area contributed by atoms with Crippen molar-refractivity contribution >= 4 is 22.5 Å². The van der Waals surface area contributed by atoms with Crippen LogP contribution in [0.25, 0.3) is 10.9 Å². The van der Waals surface area contributed by atoms with E-state index in [1.165, 1.54) is 12.1 Å². The number of anilines is 1. The maximum atomic E-state index is 14.5. The topological polar surface area (TPSA) is 70.2 Å². The second-order valence-electron chi connectivity index (χ2n) is 6.20. The Morgan fingerprint density at radius 1 is 1.27 bits per heavy atom. The number of morpholine rings is 1. The highest BCUT2D eigenvalue weighted by molar-refractivity contribution is 5.95. The molecule has 1 amide bonds. The molecule has 0 spiro atoms. The van der Waals surface area contributed by atoms with Gasteiger partial charge in [0.15, 0.2) is 0 Å². The Bertz CT molecular complexity index is 934. The van der Waals surface area contributed by atoms with Crippen LogP contribution in [0.2, 0.25) is 0 Å². The fourth-order valence-corrected chi connectivity index (χ4v) is 3.12. The molecule has 1 aliphatic rings. The lowest BCUT2D eigenvalue weighted by Crippen LogP contribution is -2.41. The van der Waals surface area contributed by atoms with Crippen molar-refractivity contribution in [1.29, 1.82) is 0 Å². The van der Waals surface area contributed by atoms with E-state index in [1.807, 2.05) is 18.2 Å². The number of amides is 1. The first-order chi connectivity index (χ1) is 12.7. The Kier molecular flexibility index (Phi) is 4.53. The first-order valence-electron chi connectivity index (χ1n) is 8.54. The summed E-state index contributed by atoms with van der Waals surface area (Å²) in [5, 5.41) is 11.2. The van der Waals surface area contributed by atoms with Crippen LogP contribution in [0, 0.1) is 5.82 Å². The van der Waals surface area contributed by atoms with E-state index in [2.05, 4.69) is 15.5 Å². The van der Waals surface area contributed by atoms with Crippen LogP contribution in [-0.4, -0.2) is 47.3 Å². The second-order valence-corrected chi connectivity index (χ2v) is 6.20. The number of ether oxygens (including phenoxy) is 1. The lowest BCUT2D eigenvalue weighted by Gasteiger charge is -2.27. The average Bonchev–Trinajstić information content (AvgIpc) is 3.16. The minimum Gasteiger partial charge on any atom is -0.381 e. The number of aromatic nitrogens is 2. The van der Waals surface area contributed by atoms with Crippen molar-refractivity contribution in [3.8, 4) is 0 Å². The van der Waals surface area contributed by atoms with Gasteiger partial charge in [0.2, 0.25) is 0 Å². The molecule has 0 aliphatic carbocycles. The standard InChI is InChI=1S/C19H19FN4O2/c20-17-10-14(4-5-15(17)19(25)24-6-8-26-9-7-24)21-11-13-2-1-3-18-16(13)12-22-23-18/h1-5,10,12,21H,6-9,11H2,(H,22,23). The van der Waals surface area contributed by atoms with Gasteiger partial charge in [0, 0.05) is 30.7 Å². The molecule has 7 heteroatoms. The summed E-state index contributed by atoms with van der Waals surface area (Å²) >= 11 is 0. The molecule has 0 saturated carbocycles. The van der Waals surface area contributed by atoms with Crippen molar-refractivity contribution < 1.29 is 13.9 Å². The number of carbonyl (C=O) groups excluding carboxylic acids is 1. The molecule has 2 N–H and O–H groups in total. The van der Waals surface area contributed by atoms with Gasteiger partial charge in [-0.25, -0.2) is 4.39 Å². The maximum Gasteiger partial charge on any atom is 0.256 e. The lowest BCUT2D eigenvalue weighted by atomic mass is 10.1. The summed E-state index contributed by atoms with van der Waals surface area (Å²) in [6.07, 6.45) is 1.77. The predicted octanol–water partition coefficient (Wildman–Crippen LogP) is 2.79. The summed E-state index contributed by atoms with van der Waals surface area (Å²) in [7, 11) is 0. The quantitative estimate of drug-likeness (QED) is 0.756. The van der Waals surface area contributed by atoms with E-state index < -0.39 is 5.82 Å². The molecule has 0 atom stereocenters. The van der Waals surface area contributed by atoms with E-state index in [1.54, 1.807) is 17.2 Å². The third kappa shape index (κ3) is 3.25. The van der Waals surface area contributed by atoms with Gasteiger partial charge < -0.3 is 15.0 Å². The molecule has 0 unspecified atom stereocenters. The molecule has 6 nitrogen and oxygen atoms in total. The average molecular weight is 354 g/mol. The van der Waals surface area contributed by atoms with Crippen molar-refractivity contribution in [3.63, 3.8) is 0 Å². The highest BCUT2D eigenvalue weighted by Gasteiger charge is 2.21. The van der Waals surface area contributed by atoms with E-state index >= 15 is 0 Å². The van der Waals surface area contributed by atoms with Crippen LogP contribution in [0.1, 0.15) is 15.9 Å². The van der Waals surface area contributed by atoms with Gasteiger partial charge in [-0.15, -0.1) is 0 Å². The normalized spacial score (nSPS) is 14.6. The number of nitrogens with zero attached hydrogens (tertiary/aromatic N) is 2. The Hall–Kier alpha value is -2.93. The Labute approximate surface area is 150 Å². The van der Waals surface area contributed by atoms with E-state index in [-0.39, 0.29) is 11.5 Å². The fraction of sp³-hybridized carbons (Fsp3) is 0.263. The highest BCUT2D eigenvalue weighted by Crippen LogP contribution is 2.20. The molecule has 1 fully saturated rings. The van der Waals surface area contributed by atoms with Gasteiger partial charge in [-0.05, 0) is 29.8 Å². The number of hydrogen-bond acceptors (Lipinski definition) is 4. The Morgan fingerprint density at radius 2 is 2.12 bits per heavy atom. The molecule has 1 aliphatic heterocycles. The van der Waals surface area contributed by atoms with Crippen LogP contribution in [0.15, 0.2) is 42.6 Å². The van der Waals surface area contributed by atoms with Gasteiger partial charge in [0.25, 0.3) is 5.91 Å². The van der Waals surface area contributed by atoms with Crippen LogP contribution in [0.3, 0.4) is 0 Å². The number of nitrogens with one attached hydrogen (secondary N) is 2. The summed E-state index contributed by atoms with van der Waals surface area (Å²) in [4.78, 5) is 14.0. The zero-order chi connectivity index (χ0) is 17.9. The lowest BCUT2D eigenvalue weighted by molar-refractivity contribution is 0.0300. The van der Waals surface area contributed by atoms with Gasteiger partial charge >= 0.3 is 0 Å². The minimum absolute atomic E-state index is 0.0920. The van der Waals surface area contributed by atoms with Gasteiger partial charge in [-0.2, -0.15) is 5.10 Å². The maximum absolute atomic E-state index is 14.5. The van der Waals surface area contributed by atoms with Crippen molar-refractivity contribution in [2.24, 2.45) is 0 Å². The number of H-pyrrole nitrogens is 1. The first-order valence-corrected chi connectivity index (χ1v) is 8.54. The number of carbonyl (C=O) groups is 1. The Balaban J connectivity index is 1.47. The largest absolute Gasteiger partial charge is 0.381 e. The van der Waals surface area contributed by atoms with E-state index in [0.717, 1.165) is 16.5 Å². The van der Waals surface area contributed by atoms with Crippen LogP contribution in [0.4, 0.5) is 10.1 Å². The number of fused-ring (bicyclic) bond motifs is 1. The third-order valence-corrected chi connectivity index (χ3v) is 4.56. The molecule has 0 radical (unpaired) electrons. The highest BCUT2D eigenvalue weighted by atomic mass is 19.1. The van der Waals surface area contributed by atoms with Crippen molar-refractivity contribution in [1.82, 2.24) is 15.1 Å². The Morgan fingerprint density at radius 3 is 2.92 bits per heavy atom. The summed E-state index contributed by atoms with van der Waals surface area (Å²) in [5.41, 5.74) is 2.74. The number of benzene rings is 2. The first kappa shape index (κ1) is 16.5. The van der Waals surface area contributed by atoms with Gasteiger partial charge in [-0.1, -0.05) is 12.1 Å². The zero-order valence-electron chi connectivity index (χ0n) is 14.2. The van der Waals surface area contributed by atoms with E-state index in [9.17, 15) is 9.18 Å². The molecule has 1 aromatic heterocycles. The monoisotopic (exact) mass is 354 g/mol. The van der Waals surface area contributed by atoms with Crippen LogP contribution >= 0.6 is 0 Å². The number of aromatic amines is 1. The second kappa shape index (κ2) is 7.13. The van der Waals surface area contributed by atoms with Crippen molar-refractivity contribution in [3.05, 3.63) is 59.5 Å². The van der Waals surface area contributed by atoms with Crippen LogP contribution in [-0.2, 0) is 11.3 Å². The molecular weight excluding hydrogens is 335 g/mol. The SMILES string of the molecule is O=C(c1ccc(NCc2cccc3[nH]ncc23)cc1F)N1CCOCC1. The van der Waals surface area contributed by atoms with Gasteiger partial charge in [0.05, 0.1) is 30.5 Å². The summed E-state index contributed by atoms with van der Waals surface area (Å²) in [5.74, 6) is -0.812. The molecule has 4 rings (SSSR count). The van der Waals surface area contributed by atoms with Crippen LogP contribution in [0.5, 0.6) is 0 Å². The molecule has 3 aromatic rings. The van der Waals surface area contributed by atoms with Crippen molar-refractivity contribution in [2.75, 3.05) is 31.6 Å². The zero-order valence-corrected chi connectivity index (χ0v) is 14.2. The van der Waals surface area contributed by atoms with E-state index in [4.69, 9.17) is 4.74 Å². The fourth-order valence-electron chi connectivity index (χ4n) is 3.12. The van der Waals surface area contributed by atoms with Gasteiger partial charge in [-0.3, -0.25) is 9.89 Å². The summed E-state index contributed by atoms with van der Waals surface area (Å²) in [6, 6.07) is 10.5. The molecular formula is C19H19FN4O2. The molecule has 1 saturated heterocycles.